The third-order valence-corrected chi connectivity index (χ3v) is 11.4. The molecule has 2 bridgehead atoms. The molecule has 1 saturated heterocycles. The highest BCUT2D eigenvalue weighted by atomic mass is 35.5. The quantitative estimate of drug-likeness (QED) is 0.187. The van der Waals surface area contributed by atoms with Crippen molar-refractivity contribution in [3.8, 4) is 0 Å². The highest BCUT2D eigenvalue weighted by molar-refractivity contribution is 6.31. The fraction of sp³-hybridized carbons (Fsp3) is 0.605. The van der Waals surface area contributed by atoms with E-state index in [1.54, 1.807) is 6.07 Å². The second kappa shape index (κ2) is 15.6. The number of hydrogen-bond acceptors (Lipinski definition) is 7. The van der Waals surface area contributed by atoms with E-state index in [4.69, 9.17) is 16.3 Å². The summed E-state index contributed by atoms with van der Waals surface area (Å²) in [7, 11) is 0. The zero-order chi connectivity index (χ0) is 33.8. The molecule has 0 aromatic heterocycles. The van der Waals surface area contributed by atoms with Gasteiger partial charge in [-0.2, -0.15) is 0 Å². The maximum absolute atomic E-state index is 14.9. The van der Waals surface area contributed by atoms with Crippen molar-refractivity contribution in [2.24, 2.45) is 5.41 Å². The lowest BCUT2D eigenvalue weighted by molar-refractivity contribution is -0.0945. The number of ether oxygens (including phenoxy) is 1. The van der Waals surface area contributed by atoms with Crippen LogP contribution in [0.25, 0.3) is 0 Å². The van der Waals surface area contributed by atoms with Gasteiger partial charge in [-0.15, -0.1) is 0 Å². The number of Topliss-reactive ketones (excluding diaryl/α,β-unsaturated/α-hetero) is 1. The first-order chi connectivity index (χ1) is 22.4. The lowest BCUT2D eigenvalue weighted by Crippen LogP contribution is -2.55. The molecule has 1 aliphatic heterocycles. The van der Waals surface area contributed by atoms with Crippen LogP contribution in [0.4, 0.5) is 4.39 Å². The van der Waals surface area contributed by atoms with Crippen molar-refractivity contribution >= 4 is 17.4 Å². The first kappa shape index (κ1) is 36.1. The number of allylic oxidation sites excluding steroid dienone is 2. The minimum absolute atomic E-state index is 0.00130. The third kappa shape index (κ3) is 8.35. The average Bonchev–Trinajstić information content (AvgIpc) is 3.63. The number of carbonyl (C=O) groups is 1. The van der Waals surface area contributed by atoms with Crippen LogP contribution in [0.2, 0.25) is 5.02 Å². The lowest BCUT2D eigenvalue weighted by atomic mass is 9.64. The minimum atomic E-state index is -1.17. The number of aliphatic hydroxyl groups is 4. The van der Waals surface area contributed by atoms with Gasteiger partial charge in [0.1, 0.15) is 5.82 Å². The van der Waals surface area contributed by atoms with E-state index >= 15 is 0 Å². The summed E-state index contributed by atoms with van der Waals surface area (Å²) >= 11 is 6.35. The summed E-state index contributed by atoms with van der Waals surface area (Å²) in [6, 6.07) is 10.2. The van der Waals surface area contributed by atoms with Crippen LogP contribution >= 0.6 is 11.6 Å². The number of halogens is 2. The maximum atomic E-state index is 14.9. The SMILES string of the molecule is CC1=CCC[C@@]2(C)[C@@H](CC[C@@]2(O)CN(C[C@H](O)CO)C[C@H]2CCCO2)c2ccc(cc2C(=O)Cc2c(F)cccc2Cl)C[C@@H](O)CC1. The van der Waals surface area contributed by atoms with E-state index in [-0.39, 0.29) is 54.5 Å². The van der Waals surface area contributed by atoms with Crippen LogP contribution in [-0.2, 0) is 17.6 Å². The van der Waals surface area contributed by atoms with Crippen LogP contribution in [-0.4, -0.2) is 87.9 Å². The minimum Gasteiger partial charge on any atom is -0.394 e. The molecule has 4 N–H and O–H groups in total. The van der Waals surface area contributed by atoms with Gasteiger partial charge in [0, 0.05) is 54.2 Å². The number of ketones is 1. The Hall–Kier alpha value is -2.17. The van der Waals surface area contributed by atoms with Gasteiger partial charge < -0.3 is 25.2 Å². The Morgan fingerprint density at radius 2 is 2.00 bits per heavy atom. The van der Waals surface area contributed by atoms with E-state index in [0.29, 0.717) is 57.2 Å². The first-order valence-electron chi connectivity index (χ1n) is 17.2. The Bertz CT molecular complexity index is 1410. The lowest BCUT2D eigenvalue weighted by Gasteiger charge is -2.46. The van der Waals surface area contributed by atoms with E-state index in [1.165, 1.54) is 17.7 Å². The molecule has 6 atom stereocenters. The van der Waals surface area contributed by atoms with E-state index in [1.807, 2.05) is 23.1 Å². The monoisotopic (exact) mass is 671 g/mol. The summed E-state index contributed by atoms with van der Waals surface area (Å²) in [4.78, 5) is 16.2. The van der Waals surface area contributed by atoms with Crippen molar-refractivity contribution in [3.63, 3.8) is 0 Å². The van der Waals surface area contributed by atoms with Gasteiger partial charge in [-0.3, -0.25) is 9.69 Å². The summed E-state index contributed by atoms with van der Waals surface area (Å²) in [6.45, 7) is 5.56. The Morgan fingerprint density at radius 3 is 2.72 bits per heavy atom. The van der Waals surface area contributed by atoms with Gasteiger partial charge in [-0.1, -0.05) is 48.4 Å². The van der Waals surface area contributed by atoms with Gasteiger partial charge in [0.2, 0.25) is 0 Å². The van der Waals surface area contributed by atoms with Crippen molar-refractivity contribution in [3.05, 3.63) is 81.1 Å². The van der Waals surface area contributed by atoms with Crippen molar-refractivity contribution in [1.29, 1.82) is 0 Å². The highest BCUT2D eigenvalue weighted by Crippen LogP contribution is 2.59. The van der Waals surface area contributed by atoms with Gasteiger partial charge in [-0.05, 0) is 100.0 Å². The number of benzene rings is 2. The van der Waals surface area contributed by atoms with E-state index in [9.17, 15) is 29.6 Å². The second-order valence-electron chi connectivity index (χ2n) is 14.4. The standard InChI is InChI=1S/C38H51ClFNO6/c1-25-6-4-15-37(2)33(14-16-38(37,46)24-41(21-28(44)23-42)22-29-7-5-17-47-29)30-13-11-26(18-27(43)12-10-25)19-31(30)36(45)20-32-34(39)8-3-9-35(32)40/h3,6,8-9,11,13,19,27-29,33,42-44,46H,4-5,7,10,12,14-18,20-24H2,1-2H3/t27-,28-,29+,33-,37-,38+/m0/s1. The van der Waals surface area contributed by atoms with Crippen molar-refractivity contribution < 1.29 is 34.3 Å². The zero-order valence-corrected chi connectivity index (χ0v) is 28.5. The van der Waals surface area contributed by atoms with Gasteiger partial charge >= 0.3 is 0 Å². The molecule has 0 amide bonds. The molecule has 4 aliphatic rings. The Kier molecular flexibility index (Phi) is 12.0. The Labute approximate surface area is 283 Å². The first-order valence-corrected chi connectivity index (χ1v) is 17.6. The Morgan fingerprint density at radius 1 is 1.19 bits per heavy atom. The van der Waals surface area contributed by atoms with Gasteiger partial charge in [-0.25, -0.2) is 4.39 Å². The summed E-state index contributed by atoms with van der Waals surface area (Å²) in [5.41, 5.74) is 1.64. The fourth-order valence-electron chi connectivity index (χ4n) is 8.20. The molecule has 1 saturated carbocycles. The molecule has 1 heterocycles. The van der Waals surface area contributed by atoms with Crippen molar-refractivity contribution in [1.82, 2.24) is 4.90 Å². The molecule has 0 radical (unpaired) electrons. The van der Waals surface area contributed by atoms with Crippen LogP contribution in [0.15, 0.2) is 48.0 Å². The normalized spacial score (nSPS) is 29.0. The van der Waals surface area contributed by atoms with E-state index in [2.05, 4.69) is 19.9 Å². The van der Waals surface area contributed by atoms with E-state index in [0.717, 1.165) is 30.4 Å². The number of carbonyl (C=O) groups excluding carboxylic acids is 1. The predicted octanol–water partition coefficient (Wildman–Crippen LogP) is 5.78. The molecule has 3 aliphatic carbocycles. The predicted molar refractivity (Wildman–Crippen MR) is 181 cm³/mol. The van der Waals surface area contributed by atoms with Crippen LogP contribution < -0.4 is 0 Å². The molecule has 2 aromatic rings. The highest BCUT2D eigenvalue weighted by Gasteiger charge is 2.57. The van der Waals surface area contributed by atoms with Crippen molar-refractivity contribution in [2.45, 2.75) is 108 Å². The van der Waals surface area contributed by atoms with E-state index < -0.39 is 29.0 Å². The van der Waals surface area contributed by atoms with Crippen LogP contribution in [0.1, 0.15) is 98.2 Å². The van der Waals surface area contributed by atoms with Gasteiger partial charge in [0.25, 0.3) is 0 Å². The maximum Gasteiger partial charge on any atom is 0.167 e. The molecule has 0 unspecified atom stereocenters. The van der Waals surface area contributed by atoms with Gasteiger partial charge in [0.05, 0.1) is 30.5 Å². The average molecular weight is 672 g/mol. The summed E-state index contributed by atoms with van der Waals surface area (Å²) in [6.07, 6.45) is 6.59. The van der Waals surface area contributed by atoms with Crippen LogP contribution in [0.5, 0.6) is 0 Å². The number of aliphatic hydroxyl groups excluding tert-OH is 3. The van der Waals surface area contributed by atoms with Gasteiger partial charge in [0.15, 0.2) is 5.78 Å². The molecule has 9 heteroatoms. The molecule has 7 nitrogen and oxygen atoms in total. The number of rotatable bonds is 10. The largest absolute Gasteiger partial charge is 0.394 e. The summed E-state index contributed by atoms with van der Waals surface area (Å²) < 4.78 is 20.8. The molecule has 0 spiro atoms. The Balaban J connectivity index is 1.55. The number of hydrogen-bond donors (Lipinski definition) is 4. The van der Waals surface area contributed by atoms with Crippen LogP contribution in [0.3, 0.4) is 0 Å². The molecule has 6 rings (SSSR count). The molecule has 258 valence electrons. The second-order valence-corrected chi connectivity index (χ2v) is 14.8. The van der Waals surface area contributed by atoms with Crippen LogP contribution in [0, 0.1) is 11.2 Å². The molecule has 2 aromatic carbocycles. The number of nitrogens with zero attached hydrogens (tertiary/aromatic N) is 1. The molecule has 47 heavy (non-hydrogen) atoms. The zero-order valence-electron chi connectivity index (χ0n) is 27.8. The molecule has 2 fully saturated rings. The van der Waals surface area contributed by atoms with Crippen molar-refractivity contribution in [2.75, 3.05) is 32.8 Å². The molecular formula is C38H51ClFNO6. The smallest absolute Gasteiger partial charge is 0.167 e. The topological polar surface area (TPSA) is 110 Å². The summed E-state index contributed by atoms with van der Waals surface area (Å²) in [5.74, 6) is -0.972. The third-order valence-electron chi connectivity index (χ3n) is 11.0. The fourth-order valence-corrected chi connectivity index (χ4v) is 8.43. The number of fused-ring (bicyclic) bond motifs is 8. The summed E-state index contributed by atoms with van der Waals surface area (Å²) in [5, 5.41) is 44.0. The molecular weight excluding hydrogens is 621 g/mol.